The van der Waals surface area contributed by atoms with Crippen LogP contribution in [-0.2, 0) is 28.8 Å². The minimum Gasteiger partial charge on any atom is -0.346 e. The lowest BCUT2D eigenvalue weighted by Crippen LogP contribution is -2.54. The molecule has 0 bridgehead atoms. The minimum absolute atomic E-state index is 0.383. The van der Waals surface area contributed by atoms with Crippen LogP contribution >= 0.6 is 0 Å². The van der Waals surface area contributed by atoms with Gasteiger partial charge < -0.3 is 31.9 Å². The zero-order valence-corrected chi connectivity index (χ0v) is 14.4. The zero-order chi connectivity index (χ0) is 19.7. The van der Waals surface area contributed by atoms with Gasteiger partial charge in [0, 0.05) is 0 Å². The summed E-state index contributed by atoms with van der Waals surface area (Å²) in [4.78, 5) is 70.1. The topological polar surface area (TPSA) is 175 Å². The Hall–Kier alpha value is -3.18. The van der Waals surface area contributed by atoms with Crippen molar-refractivity contribution in [2.24, 2.45) is 0 Å². The van der Waals surface area contributed by atoms with Crippen molar-refractivity contribution >= 4 is 35.4 Å². The van der Waals surface area contributed by atoms with Crippen molar-refractivity contribution in [3.63, 3.8) is 0 Å². The van der Waals surface area contributed by atoms with Crippen LogP contribution in [0, 0.1) is 0 Å². The highest BCUT2D eigenvalue weighted by Gasteiger charge is 2.21. The molecule has 12 nitrogen and oxygen atoms in total. The van der Waals surface area contributed by atoms with Crippen molar-refractivity contribution in [3.05, 3.63) is 0 Å². The molecule has 1 rings (SSSR count). The van der Waals surface area contributed by atoms with E-state index in [1.807, 2.05) is 0 Å². The van der Waals surface area contributed by atoms with Crippen molar-refractivity contribution in [2.45, 2.75) is 25.9 Å². The average Bonchev–Trinajstić information content (AvgIpc) is 2.59. The zero-order valence-electron chi connectivity index (χ0n) is 14.4. The van der Waals surface area contributed by atoms with Crippen molar-refractivity contribution in [2.75, 3.05) is 26.2 Å². The standard InChI is InChI=1S/C14H22N6O6/c1-7-13(25)18-5-11(23)16-3-9(21)15-4-10(22)17-6-12(24)19-8(2)14(26)20-7/h7-8H,3-6H2,1-2H3,(H,15,21)(H,16,23)(H,17,22)(H,18,25)(H,19,24)(H,20,26). The van der Waals surface area contributed by atoms with Crippen LogP contribution < -0.4 is 31.9 Å². The first-order valence-electron chi connectivity index (χ1n) is 7.86. The molecule has 12 heteroatoms. The fourth-order valence-electron chi connectivity index (χ4n) is 1.81. The van der Waals surface area contributed by atoms with E-state index in [0.717, 1.165) is 0 Å². The van der Waals surface area contributed by atoms with Crippen LogP contribution in [0.4, 0.5) is 0 Å². The van der Waals surface area contributed by atoms with Gasteiger partial charge in [-0.15, -0.1) is 0 Å². The highest BCUT2D eigenvalue weighted by atomic mass is 16.2. The van der Waals surface area contributed by atoms with Crippen LogP contribution in [0.1, 0.15) is 13.8 Å². The Morgan fingerprint density at radius 1 is 0.538 bits per heavy atom. The highest BCUT2D eigenvalue weighted by molar-refractivity contribution is 5.95. The number of hydrogen-bond acceptors (Lipinski definition) is 6. The molecule has 26 heavy (non-hydrogen) atoms. The van der Waals surface area contributed by atoms with Gasteiger partial charge >= 0.3 is 0 Å². The van der Waals surface area contributed by atoms with Crippen LogP contribution in [0.3, 0.4) is 0 Å². The first kappa shape index (κ1) is 20.9. The van der Waals surface area contributed by atoms with Gasteiger partial charge in [0.25, 0.3) is 0 Å². The molecule has 1 saturated heterocycles. The summed E-state index contributed by atoms with van der Waals surface area (Å²) in [5, 5.41) is 13.8. The Labute approximate surface area is 149 Å². The molecule has 6 amide bonds. The smallest absolute Gasteiger partial charge is 0.242 e. The second-order valence-corrected chi connectivity index (χ2v) is 5.57. The molecule has 2 atom stereocenters. The van der Waals surface area contributed by atoms with Gasteiger partial charge in [-0.3, -0.25) is 28.8 Å². The first-order valence-corrected chi connectivity index (χ1v) is 7.86. The van der Waals surface area contributed by atoms with Gasteiger partial charge in [0.1, 0.15) is 12.1 Å². The molecule has 0 saturated carbocycles. The molecule has 0 spiro atoms. The number of carbonyl (C=O) groups excluding carboxylic acids is 6. The summed E-state index contributed by atoms with van der Waals surface area (Å²) in [5.41, 5.74) is 0. The Morgan fingerprint density at radius 2 is 0.923 bits per heavy atom. The Bertz CT molecular complexity index is 607. The van der Waals surface area contributed by atoms with E-state index in [1.54, 1.807) is 0 Å². The van der Waals surface area contributed by atoms with E-state index >= 15 is 0 Å². The monoisotopic (exact) mass is 370 g/mol. The number of hydrogen-bond donors (Lipinski definition) is 6. The Balaban J connectivity index is 2.74. The molecule has 0 aromatic heterocycles. The quantitative estimate of drug-likeness (QED) is 0.250. The van der Waals surface area contributed by atoms with Crippen molar-refractivity contribution in [3.8, 4) is 0 Å². The maximum absolute atomic E-state index is 12.0. The number of rotatable bonds is 0. The van der Waals surface area contributed by atoms with Gasteiger partial charge in [-0.25, -0.2) is 0 Å². The predicted molar refractivity (Wildman–Crippen MR) is 87.2 cm³/mol. The molecule has 1 aliphatic heterocycles. The lowest BCUT2D eigenvalue weighted by Gasteiger charge is -2.18. The molecular formula is C14H22N6O6. The van der Waals surface area contributed by atoms with Crippen LogP contribution in [0.5, 0.6) is 0 Å². The lowest BCUT2D eigenvalue weighted by molar-refractivity contribution is -0.132. The number of carbonyl (C=O) groups is 6. The Kier molecular flexibility index (Phi) is 7.99. The molecule has 0 aromatic rings. The van der Waals surface area contributed by atoms with E-state index < -0.39 is 47.5 Å². The maximum atomic E-state index is 12.0. The average molecular weight is 370 g/mol. The largest absolute Gasteiger partial charge is 0.346 e. The second-order valence-electron chi connectivity index (χ2n) is 5.57. The summed E-state index contributed by atoms with van der Waals surface area (Å²) in [5.74, 6) is -3.66. The normalized spacial score (nSPS) is 24.7. The molecule has 0 radical (unpaired) electrons. The van der Waals surface area contributed by atoms with E-state index in [-0.39, 0.29) is 26.2 Å². The lowest BCUT2D eigenvalue weighted by atomic mass is 10.2. The van der Waals surface area contributed by atoms with Crippen molar-refractivity contribution in [1.82, 2.24) is 31.9 Å². The molecule has 2 unspecified atom stereocenters. The second kappa shape index (κ2) is 9.96. The summed E-state index contributed by atoms with van der Waals surface area (Å²) in [6.07, 6.45) is 0. The first-order chi connectivity index (χ1) is 12.2. The molecule has 1 heterocycles. The third kappa shape index (κ3) is 7.59. The molecular weight excluding hydrogens is 348 g/mol. The van der Waals surface area contributed by atoms with Crippen LogP contribution in [0.2, 0.25) is 0 Å². The van der Waals surface area contributed by atoms with E-state index in [0.29, 0.717) is 0 Å². The van der Waals surface area contributed by atoms with Crippen LogP contribution in [0.25, 0.3) is 0 Å². The van der Waals surface area contributed by atoms with E-state index in [2.05, 4.69) is 31.9 Å². The van der Waals surface area contributed by atoms with Crippen molar-refractivity contribution in [1.29, 1.82) is 0 Å². The molecule has 144 valence electrons. The van der Waals surface area contributed by atoms with Crippen molar-refractivity contribution < 1.29 is 28.8 Å². The summed E-state index contributed by atoms with van der Waals surface area (Å²) in [6.45, 7) is 1.27. The van der Waals surface area contributed by atoms with Crippen LogP contribution in [0.15, 0.2) is 0 Å². The SMILES string of the molecule is CC1NC(=O)CNC(=O)CNC(=O)CNC(=O)CNC(=O)C(C)NC1=O. The fraction of sp³-hybridized carbons (Fsp3) is 0.571. The summed E-state index contributed by atoms with van der Waals surface area (Å²) in [7, 11) is 0. The molecule has 0 aromatic carbocycles. The number of amides is 6. The third-order valence-corrected chi connectivity index (χ3v) is 3.28. The van der Waals surface area contributed by atoms with E-state index in [4.69, 9.17) is 0 Å². The maximum Gasteiger partial charge on any atom is 0.242 e. The molecule has 1 fully saturated rings. The fourth-order valence-corrected chi connectivity index (χ4v) is 1.81. The minimum atomic E-state index is -0.948. The molecule has 1 aliphatic rings. The highest BCUT2D eigenvalue weighted by Crippen LogP contribution is 1.88. The molecule has 0 aliphatic carbocycles. The third-order valence-electron chi connectivity index (χ3n) is 3.28. The number of nitrogens with one attached hydrogen (secondary N) is 6. The van der Waals surface area contributed by atoms with Gasteiger partial charge in [-0.2, -0.15) is 0 Å². The van der Waals surface area contributed by atoms with Gasteiger partial charge in [-0.1, -0.05) is 0 Å². The summed E-state index contributed by atoms with van der Waals surface area (Å²) in [6, 6.07) is -1.90. The van der Waals surface area contributed by atoms with Gasteiger partial charge in [-0.05, 0) is 13.8 Å². The van der Waals surface area contributed by atoms with E-state index in [9.17, 15) is 28.8 Å². The Morgan fingerprint density at radius 3 is 1.42 bits per heavy atom. The summed E-state index contributed by atoms with van der Waals surface area (Å²) < 4.78 is 0. The van der Waals surface area contributed by atoms with Gasteiger partial charge in [0.15, 0.2) is 0 Å². The summed E-state index contributed by atoms with van der Waals surface area (Å²) >= 11 is 0. The molecule has 6 N–H and O–H groups in total. The van der Waals surface area contributed by atoms with Gasteiger partial charge in [0.2, 0.25) is 35.4 Å². The van der Waals surface area contributed by atoms with Crippen LogP contribution in [-0.4, -0.2) is 73.7 Å². The predicted octanol–water partition coefficient (Wildman–Crippen LogP) is -4.53. The van der Waals surface area contributed by atoms with E-state index in [1.165, 1.54) is 13.8 Å². The van der Waals surface area contributed by atoms with Gasteiger partial charge in [0.05, 0.1) is 26.2 Å².